The molecule has 0 aliphatic carbocycles. The van der Waals surface area contributed by atoms with Crippen molar-refractivity contribution >= 4 is 34.4 Å². The summed E-state index contributed by atoms with van der Waals surface area (Å²) in [5, 5.41) is 0.167. The van der Waals surface area contributed by atoms with Crippen molar-refractivity contribution in [1.29, 1.82) is 0 Å². The van der Waals surface area contributed by atoms with Gasteiger partial charge in [-0.15, -0.1) is 0 Å². The van der Waals surface area contributed by atoms with Gasteiger partial charge in [-0.2, -0.15) is 4.98 Å². The number of carbonyl (C=O) groups excluding carboxylic acids is 1. The van der Waals surface area contributed by atoms with Crippen LogP contribution in [0.5, 0.6) is 0 Å². The first kappa shape index (κ1) is 17.9. The molecule has 0 saturated carbocycles. The van der Waals surface area contributed by atoms with Gasteiger partial charge in [-0.25, -0.2) is 9.97 Å². The van der Waals surface area contributed by atoms with Gasteiger partial charge in [-0.3, -0.25) is 9.36 Å². The Labute approximate surface area is 162 Å². The molecule has 8 heteroatoms. The van der Waals surface area contributed by atoms with Crippen LogP contribution in [0.1, 0.15) is 32.4 Å². The molecular weight excluding hydrogens is 366 g/mol. The van der Waals surface area contributed by atoms with Crippen molar-refractivity contribution in [3.63, 3.8) is 0 Å². The number of rotatable bonds is 3. The van der Waals surface area contributed by atoms with Gasteiger partial charge in [0.25, 0.3) is 0 Å². The molecule has 3 aromatic rings. The van der Waals surface area contributed by atoms with E-state index in [1.54, 1.807) is 18.3 Å². The molecule has 2 aromatic heterocycles. The first-order chi connectivity index (χ1) is 13.0. The number of aromatic nitrogens is 4. The van der Waals surface area contributed by atoms with Gasteiger partial charge in [-0.1, -0.05) is 12.1 Å². The molecule has 1 saturated heterocycles. The van der Waals surface area contributed by atoms with Gasteiger partial charge in [0.15, 0.2) is 5.65 Å². The van der Waals surface area contributed by atoms with E-state index in [0.717, 1.165) is 37.1 Å². The minimum atomic E-state index is -0.0749. The normalized spacial score (nSPS) is 17.2. The van der Waals surface area contributed by atoms with Crippen molar-refractivity contribution in [2.45, 2.75) is 32.4 Å². The molecule has 1 atom stereocenters. The zero-order chi connectivity index (χ0) is 19.0. The predicted octanol–water partition coefficient (Wildman–Crippen LogP) is 3.83. The standard InChI is InChI=1S/C19H20ClN5O2/c1-12(26)24(2)14-8-6-13(7-9-14)16-17-18(23-19(20)22-16)25(11-21-17)15-5-3-4-10-27-15/h6-9,11,15H,3-5,10H2,1-2H3. The summed E-state index contributed by atoms with van der Waals surface area (Å²) in [5.74, 6) is -0.0264. The van der Waals surface area contributed by atoms with Gasteiger partial charge < -0.3 is 9.64 Å². The van der Waals surface area contributed by atoms with Crippen LogP contribution in [-0.2, 0) is 9.53 Å². The molecule has 1 aliphatic heterocycles. The van der Waals surface area contributed by atoms with Gasteiger partial charge in [0.05, 0.1) is 6.33 Å². The first-order valence-corrected chi connectivity index (χ1v) is 9.29. The van der Waals surface area contributed by atoms with Crippen molar-refractivity contribution in [2.75, 3.05) is 18.6 Å². The number of nitrogens with zero attached hydrogens (tertiary/aromatic N) is 5. The van der Waals surface area contributed by atoms with E-state index in [9.17, 15) is 4.79 Å². The van der Waals surface area contributed by atoms with Crippen molar-refractivity contribution in [1.82, 2.24) is 19.5 Å². The fourth-order valence-electron chi connectivity index (χ4n) is 3.27. The summed E-state index contributed by atoms with van der Waals surface area (Å²) in [6.07, 6.45) is 4.78. The Bertz CT molecular complexity index is 980. The van der Waals surface area contributed by atoms with E-state index in [1.807, 2.05) is 28.8 Å². The Morgan fingerprint density at radius 2 is 2.04 bits per heavy atom. The number of benzene rings is 1. The van der Waals surface area contributed by atoms with E-state index < -0.39 is 0 Å². The largest absolute Gasteiger partial charge is 0.358 e. The fourth-order valence-corrected chi connectivity index (χ4v) is 3.43. The molecule has 27 heavy (non-hydrogen) atoms. The minimum Gasteiger partial charge on any atom is -0.358 e. The highest BCUT2D eigenvalue weighted by Gasteiger charge is 2.21. The van der Waals surface area contributed by atoms with Crippen molar-refractivity contribution in [3.8, 4) is 11.3 Å². The minimum absolute atomic E-state index is 0.0264. The van der Waals surface area contributed by atoms with E-state index in [4.69, 9.17) is 16.3 Å². The first-order valence-electron chi connectivity index (χ1n) is 8.91. The lowest BCUT2D eigenvalue weighted by Gasteiger charge is -2.23. The van der Waals surface area contributed by atoms with Crippen LogP contribution in [0.2, 0.25) is 5.28 Å². The number of hydrogen-bond donors (Lipinski definition) is 0. The topological polar surface area (TPSA) is 73.1 Å². The molecule has 1 aliphatic rings. The van der Waals surface area contributed by atoms with Crippen LogP contribution in [-0.4, -0.2) is 39.1 Å². The number of hydrogen-bond acceptors (Lipinski definition) is 5. The maximum absolute atomic E-state index is 11.5. The lowest BCUT2D eigenvalue weighted by molar-refractivity contribution is -0.116. The van der Waals surface area contributed by atoms with Crippen LogP contribution < -0.4 is 4.90 Å². The van der Waals surface area contributed by atoms with Crippen LogP contribution in [0, 0.1) is 0 Å². The summed E-state index contributed by atoms with van der Waals surface area (Å²) in [6.45, 7) is 2.27. The average Bonchev–Trinajstić information content (AvgIpc) is 3.11. The zero-order valence-corrected chi connectivity index (χ0v) is 16.0. The molecule has 1 fully saturated rings. The van der Waals surface area contributed by atoms with Crippen LogP contribution in [0.25, 0.3) is 22.4 Å². The van der Waals surface area contributed by atoms with Crippen LogP contribution in [0.4, 0.5) is 5.69 Å². The van der Waals surface area contributed by atoms with Crippen molar-refractivity contribution in [2.24, 2.45) is 0 Å². The second-order valence-electron chi connectivity index (χ2n) is 6.61. The molecule has 1 unspecified atom stereocenters. The Kier molecular flexibility index (Phi) is 4.80. The number of carbonyl (C=O) groups is 1. The van der Waals surface area contributed by atoms with Crippen molar-refractivity contribution in [3.05, 3.63) is 35.9 Å². The number of imidazole rings is 1. The van der Waals surface area contributed by atoms with E-state index in [0.29, 0.717) is 16.9 Å². The van der Waals surface area contributed by atoms with Crippen LogP contribution in [0.15, 0.2) is 30.6 Å². The van der Waals surface area contributed by atoms with Crippen LogP contribution in [0.3, 0.4) is 0 Å². The SMILES string of the molecule is CC(=O)N(C)c1ccc(-c2nc(Cl)nc3c2ncn3C2CCCCO2)cc1. The average molecular weight is 386 g/mol. The van der Waals surface area contributed by atoms with Gasteiger partial charge in [0.1, 0.15) is 17.4 Å². The lowest BCUT2D eigenvalue weighted by Crippen LogP contribution is -2.22. The lowest BCUT2D eigenvalue weighted by atomic mass is 10.1. The number of halogens is 1. The highest BCUT2D eigenvalue weighted by atomic mass is 35.5. The molecule has 7 nitrogen and oxygen atoms in total. The summed E-state index contributed by atoms with van der Waals surface area (Å²) >= 11 is 6.21. The van der Waals surface area contributed by atoms with E-state index in [1.165, 1.54) is 6.92 Å². The van der Waals surface area contributed by atoms with Crippen LogP contribution >= 0.6 is 11.6 Å². The summed E-state index contributed by atoms with van der Waals surface area (Å²) in [6, 6.07) is 7.56. The molecule has 0 bridgehead atoms. The maximum atomic E-state index is 11.5. The summed E-state index contributed by atoms with van der Waals surface area (Å²) in [5.41, 5.74) is 3.68. The van der Waals surface area contributed by atoms with E-state index in [-0.39, 0.29) is 17.4 Å². The third-order valence-electron chi connectivity index (χ3n) is 4.86. The molecule has 3 heterocycles. The van der Waals surface area contributed by atoms with Gasteiger partial charge in [-0.05, 0) is 43.0 Å². The van der Waals surface area contributed by atoms with Gasteiger partial charge in [0, 0.05) is 31.8 Å². The highest BCUT2D eigenvalue weighted by Crippen LogP contribution is 2.31. The molecular formula is C19H20ClN5O2. The molecule has 0 spiro atoms. The predicted molar refractivity (Wildman–Crippen MR) is 104 cm³/mol. The smallest absolute Gasteiger partial charge is 0.225 e. The van der Waals surface area contributed by atoms with Crippen molar-refractivity contribution < 1.29 is 9.53 Å². The Morgan fingerprint density at radius 3 is 2.70 bits per heavy atom. The van der Waals surface area contributed by atoms with Gasteiger partial charge >= 0.3 is 0 Å². The molecule has 0 N–H and O–H groups in total. The Balaban J connectivity index is 1.76. The number of fused-ring (bicyclic) bond motifs is 1. The molecule has 140 valence electrons. The zero-order valence-electron chi connectivity index (χ0n) is 15.2. The monoisotopic (exact) mass is 385 g/mol. The Hall–Kier alpha value is -2.51. The highest BCUT2D eigenvalue weighted by molar-refractivity contribution is 6.28. The fraction of sp³-hybridized carbons (Fsp3) is 0.368. The summed E-state index contributed by atoms with van der Waals surface area (Å²) < 4.78 is 7.80. The molecule has 4 rings (SSSR count). The summed E-state index contributed by atoms with van der Waals surface area (Å²) in [4.78, 5) is 26.4. The van der Waals surface area contributed by atoms with E-state index in [2.05, 4.69) is 15.0 Å². The molecule has 1 aromatic carbocycles. The molecule has 0 radical (unpaired) electrons. The van der Waals surface area contributed by atoms with E-state index >= 15 is 0 Å². The summed E-state index contributed by atoms with van der Waals surface area (Å²) in [7, 11) is 1.74. The number of ether oxygens (including phenoxy) is 1. The molecule has 1 amide bonds. The maximum Gasteiger partial charge on any atom is 0.225 e. The van der Waals surface area contributed by atoms with Gasteiger partial charge in [0.2, 0.25) is 11.2 Å². The second-order valence-corrected chi connectivity index (χ2v) is 6.95. The Morgan fingerprint density at radius 1 is 1.26 bits per heavy atom. The third kappa shape index (κ3) is 3.40. The number of amides is 1. The number of anilines is 1. The third-order valence-corrected chi connectivity index (χ3v) is 5.03. The quantitative estimate of drug-likeness (QED) is 0.640. The second kappa shape index (κ2) is 7.25.